The van der Waals surface area contributed by atoms with Crippen LogP contribution >= 0.6 is 0 Å². The summed E-state index contributed by atoms with van der Waals surface area (Å²) in [6, 6.07) is 0.489. The molecule has 0 aliphatic carbocycles. The van der Waals surface area contributed by atoms with Crippen LogP contribution in [0.15, 0.2) is 0 Å². The monoisotopic (exact) mass is 214 g/mol. The van der Waals surface area contributed by atoms with E-state index in [0.717, 1.165) is 26.3 Å². The van der Waals surface area contributed by atoms with Gasteiger partial charge in [0.2, 0.25) is 0 Å². The molecule has 0 spiro atoms. The van der Waals surface area contributed by atoms with E-state index in [1.54, 1.807) is 0 Å². The van der Waals surface area contributed by atoms with Crippen LogP contribution in [0.2, 0.25) is 0 Å². The number of ether oxygens (including phenoxy) is 1. The average Bonchev–Trinajstić information content (AvgIpc) is 2.33. The highest BCUT2D eigenvalue weighted by molar-refractivity contribution is 4.86. The van der Waals surface area contributed by atoms with E-state index in [2.05, 4.69) is 31.4 Å². The van der Waals surface area contributed by atoms with E-state index in [0.29, 0.717) is 11.6 Å². The molecule has 0 aromatic heterocycles. The van der Waals surface area contributed by atoms with Crippen molar-refractivity contribution in [3.05, 3.63) is 0 Å². The van der Waals surface area contributed by atoms with Crippen molar-refractivity contribution < 1.29 is 4.74 Å². The second-order valence-corrected chi connectivity index (χ2v) is 4.45. The van der Waals surface area contributed by atoms with Gasteiger partial charge in [-0.25, -0.2) is 0 Å². The molecule has 0 radical (unpaired) electrons. The van der Waals surface area contributed by atoms with Gasteiger partial charge in [-0.15, -0.1) is 0 Å². The van der Waals surface area contributed by atoms with Gasteiger partial charge in [0.15, 0.2) is 0 Å². The SMILES string of the molecule is CCC(CC)(CC)NCC1COCCN1. The van der Waals surface area contributed by atoms with Crippen molar-refractivity contribution in [1.29, 1.82) is 0 Å². The van der Waals surface area contributed by atoms with Gasteiger partial charge in [0, 0.05) is 24.7 Å². The highest BCUT2D eigenvalue weighted by Crippen LogP contribution is 2.18. The Labute approximate surface area is 94.0 Å². The van der Waals surface area contributed by atoms with E-state index in [9.17, 15) is 0 Å². The summed E-state index contributed by atoms with van der Waals surface area (Å²) in [5, 5.41) is 7.19. The van der Waals surface area contributed by atoms with E-state index in [-0.39, 0.29) is 0 Å². The Bertz CT molecular complexity index is 155. The van der Waals surface area contributed by atoms with Crippen LogP contribution in [0.3, 0.4) is 0 Å². The number of morpholine rings is 1. The molecular weight excluding hydrogens is 188 g/mol. The van der Waals surface area contributed by atoms with E-state index >= 15 is 0 Å². The molecule has 3 heteroatoms. The normalized spacial score (nSPS) is 23.0. The van der Waals surface area contributed by atoms with Crippen molar-refractivity contribution in [3.63, 3.8) is 0 Å². The second kappa shape index (κ2) is 6.46. The van der Waals surface area contributed by atoms with Crippen molar-refractivity contribution in [3.8, 4) is 0 Å². The van der Waals surface area contributed by atoms with Crippen molar-refractivity contribution in [2.45, 2.75) is 51.6 Å². The van der Waals surface area contributed by atoms with E-state index in [4.69, 9.17) is 4.74 Å². The largest absolute Gasteiger partial charge is 0.378 e. The second-order valence-electron chi connectivity index (χ2n) is 4.45. The summed E-state index contributed by atoms with van der Waals surface area (Å²) in [7, 11) is 0. The lowest BCUT2D eigenvalue weighted by Gasteiger charge is -2.35. The van der Waals surface area contributed by atoms with Gasteiger partial charge in [0.1, 0.15) is 0 Å². The number of nitrogens with one attached hydrogen (secondary N) is 2. The fourth-order valence-electron chi connectivity index (χ4n) is 2.22. The Hall–Kier alpha value is -0.120. The molecule has 1 saturated heterocycles. The first-order valence-electron chi connectivity index (χ1n) is 6.32. The average molecular weight is 214 g/mol. The predicted octanol–water partition coefficient (Wildman–Crippen LogP) is 1.53. The third kappa shape index (κ3) is 3.74. The Kier molecular flexibility index (Phi) is 5.58. The smallest absolute Gasteiger partial charge is 0.0632 e. The summed E-state index contributed by atoms with van der Waals surface area (Å²) < 4.78 is 5.45. The van der Waals surface area contributed by atoms with Crippen molar-refractivity contribution in [2.24, 2.45) is 0 Å². The molecule has 1 aliphatic heterocycles. The molecular formula is C12H26N2O. The predicted molar refractivity (Wildman–Crippen MR) is 64.2 cm³/mol. The quantitative estimate of drug-likeness (QED) is 0.703. The zero-order valence-electron chi connectivity index (χ0n) is 10.4. The number of hydrogen-bond donors (Lipinski definition) is 2. The van der Waals surface area contributed by atoms with Crippen molar-refractivity contribution >= 4 is 0 Å². The molecule has 0 amide bonds. The van der Waals surface area contributed by atoms with Crippen molar-refractivity contribution in [1.82, 2.24) is 10.6 Å². The lowest BCUT2D eigenvalue weighted by molar-refractivity contribution is 0.0728. The van der Waals surface area contributed by atoms with Crippen LogP contribution < -0.4 is 10.6 Å². The maximum atomic E-state index is 5.45. The fourth-order valence-corrected chi connectivity index (χ4v) is 2.22. The van der Waals surface area contributed by atoms with Crippen LogP contribution in [-0.4, -0.2) is 37.9 Å². The first-order valence-corrected chi connectivity index (χ1v) is 6.32. The van der Waals surface area contributed by atoms with Gasteiger partial charge in [-0.1, -0.05) is 20.8 Å². The molecule has 1 unspecified atom stereocenters. The zero-order chi connectivity index (χ0) is 11.1. The van der Waals surface area contributed by atoms with Gasteiger partial charge in [-0.05, 0) is 19.3 Å². The Balaban J connectivity index is 2.31. The lowest BCUT2D eigenvalue weighted by atomic mass is 9.89. The third-order valence-electron chi connectivity index (χ3n) is 3.75. The first-order chi connectivity index (χ1) is 7.26. The Morgan fingerprint density at radius 3 is 2.40 bits per heavy atom. The first kappa shape index (κ1) is 12.9. The number of hydrogen-bond acceptors (Lipinski definition) is 3. The van der Waals surface area contributed by atoms with Crippen molar-refractivity contribution in [2.75, 3.05) is 26.3 Å². The highest BCUT2D eigenvalue weighted by atomic mass is 16.5. The summed E-state index contributed by atoms with van der Waals surface area (Å²) in [6.45, 7) is 10.5. The minimum Gasteiger partial charge on any atom is -0.378 e. The minimum atomic E-state index is 0.332. The standard InChI is InChI=1S/C12H26N2O/c1-4-12(5-2,6-3)14-9-11-10-15-8-7-13-11/h11,13-14H,4-10H2,1-3H3. The molecule has 15 heavy (non-hydrogen) atoms. The third-order valence-corrected chi connectivity index (χ3v) is 3.75. The van der Waals surface area contributed by atoms with Gasteiger partial charge in [0.05, 0.1) is 13.2 Å². The Morgan fingerprint density at radius 2 is 1.93 bits per heavy atom. The molecule has 3 nitrogen and oxygen atoms in total. The summed E-state index contributed by atoms with van der Waals surface area (Å²) in [4.78, 5) is 0. The van der Waals surface area contributed by atoms with Gasteiger partial charge in [-0.3, -0.25) is 0 Å². The van der Waals surface area contributed by atoms with Crippen LogP contribution in [-0.2, 0) is 4.74 Å². The maximum Gasteiger partial charge on any atom is 0.0632 e. The van der Waals surface area contributed by atoms with Crippen LogP contribution in [0.25, 0.3) is 0 Å². The highest BCUT2D eigenvalue weighted by Gasteiger charge is 2.24. The van der Waals surface area contributed by atoms with Crippen LogP contribution in [0.5, 0.6) is 0 Å². The molecule has 1 atom stereocenters. The van der Waals surface area contributed by atoms with Gasteiger partial charge in [-0.2, -0.15) is 0 Å². The summed E-state index contributed by atoms with van der Waals surface area (Å²) >= 11 is 0. The maximum absolute atomic E-state index is 5.45. The minimum absolute atomic E-state index is 0.332. The molecule has 1 rings (SSSR count). The van der Waals surface area contributed by atoms with E-state index in [1.807, 2.05) is 0 Å². The van der Waals surface area contributed by atoms with Gasteiger partial charge in [0.25, 0.3) is 0 Å². The molecule has 0 aromatic carbocycles. The number of rotatable bonds is 6. The molecule has 0 aromatic rings. The Morgan fingerprint density at radius 1 is 1.27 bits per heavy atom. The molecule has 90 valence electrons. The van der Waals surface area contributed by atoms with Crippen LogP contribution in [0, 0.1) is 0 Å². The molecule has 2 N–H and O–H groups in total. The fraction of sp³-hybridized carbons (Fsp3) is 1.00. The zero-order valence-corrected chi connectivity index (χ0v) is 10.4. The molecule has 0 bridgehead atoms. The van der Waals surface area contributed by atoms with E-state index in [1.165, 1.54) is 19.3 Å². The van der Waals surface area contributed by atoms with Crippen LogP contribution in [0.4, 0.5) is 0 Å². The molecule has 1 fully saturated rings. The summed E-state index contributed by atoms with van der Waals surface area (Å²) in [5.74, 6) is 0. The van der Waals surface area contributed by atoms with Gasteiger partial charge >= 0.3 is 0 Å². The summed E-state index contributed by atoms with van der Waals surface area (Å²) in [5.41, 5.74) is 0.332. The van der Waals surface area contributed by atoms with Crippen LogP contribution in [0.1, 0.15) is 40.0 Å². The molecule has 0 saturated carbocycles. The van der Waals surface area contributed by atoms with Gasteiger partial charge < -0.3 is 15.4 Å². The molecule has 1 aliphatic rings. The summed E-state index contributed by atoms with van der Waals surface area (Å²) in [6.07, 6.45) is 3.61. The molecule has 1 heterocycles. The lowest BCUT2D eigenvalue weighted by Crippen LogP contribution is -2.53. The topological polar surface area (TPSA) is 33.3 Å². The van der Waals surface area contributed by atoms with E-state index < -0.39 is 0 Å².